The van der Waals surface area contributed by atoms with Gasteiger partial charge in [-0.1, -0.05) is 6.07 Å². The fraction of sp³-hybridized carbons (Fsp3) is 0.333. The van der Waals surface area contributed by atoms with Crippen LogP contribution < -0.4 is 5.32 Å². The van der Waals surface area contributed by atoms with E-state index in [1.165, 1.54) is 0 Å². The van der Waals surface area contributed by atoms with Gasteiger partial charge in [0, 0.05) is 51.2 Å². The van der Waals surface area contributed by atoms with Crippen LogP contribution >= 0.6 is 0 Å². The van der Waals surface area contributed by atoms with Crippen molar-refractivity contribution in [1.29, 1.82) is 0 Å². The predicted octanol–water partition coefficient (Wildman–Crippen LogP) is 2.63. The van der Waals surface area contributed by atoms with Crippen LogP contribution in [0.1, 0.15) is 16.2 Å². The Morgan fingerprint density at radius 1 is 1.15 bits per heavy atom. The fourth-order valence-electron chi connectivity index (χ4n) is 3.38. The van der Waals surface area contributed by atoms with Crippen molar-refractivity contribution in [3.63, 3.8) is 0 Å². The van der Waals surface area contributed by atoms with E-state index in [0.717, 1.165) is 24.6 Å². The number of carboxylic acid groups (broad SMARTS) is 1. The molecule has 4 rings (SSSR count). The zero-order valence-corrected chi connectivity index (χ0v) is 17.7. The molecule has 0 aliphatic carbocycles. The molecule has 0 fully saturated rings. The number of anilines is 1. The Bertz CT molecular complexity index is 1080. The first-order valence-electron chi connectivity index (χ1n) is 10.0. The van der Waals surface area contributed by atoms with Crippen molar-refractivity contribution < 1.29 is 27.9 Å². The molecule has 0 bridgehead atoms. The van der Waals surface area contributed by atoms with E-state index in [-0.39, 0.29) is 11.8 Å². The molecule has 33 heavy (non-hydrogen) atoms. The minimum Gasteiger partial charge on any atom is -0.475 e. The Labute approximate surface area is 187 Å². The normalized spacial score (nSPS) is 15.6. The highest BCUT2D eigenvalue weighted by atomic mass is 19.4. The first-order chi connectivity index (χ1) is 15.6. The summed E-state index contributed by atoms with van der Waals surface area (Å²) >= 11 is 0. The highest BCUT2D eigenvalue weighted by Gasteiger charge is 2.38. The van der Waals surface area contributed by atoms with Gasteiger partial charge in [0.25, 0.3) is 5.91 Å². The number of amides is 1. The van der Waals surface area contributed by atoms with Gasteiger partial charge >= 0.3 is 12.1 Å². The van der Waals surface area contributed by atoms with Gasteiger partial charge in [-0.25, -0.2) is 9.78 Å². The number of alkyl halides is 3. The summed E-state index contributed by atoms with van der Waals surface area (Å²) in [6, 6.07) is 11.6. The molecule has 2 N–H and O–H groups in total. The van der Waals surface area contributed by atoms with E-state index in [9.17, 15) is 18.0 Å². The molecule has 4 heterocycles. The summed E-state index contributed by atoms with van der Waals surface area (Å²) in [5.74, 6) is -1.62. The number of halogens is 3. The lowest BCUT2D eigenvalue weighted by atomic mass is 10.1. The number of pyridine rings is 1. The summed E-state index contributed by atoms with van der Waals surface area (Å²) in [4.78, 5) is 28.2. The van der Waals surface area contributed by atoms with Crippen LogP contribution in [-0.4, -0.2) is 60.5 Å². The molecule has 1 amide bonds. The number of nitrogens with one attached hydrogen (secondary N) is 1. The van der Waals surface area contributed by atoms with Crippen molar-refractivity contribution in [1.82, 2.24) is 24.2 Å². The smallest absolute Gasteiger partial charge is 0.475 e. The van der Waals surface area contributed by atoms with Crippen molar-refractivity contribution in [2.24, 2.45) is 13.0 Å². The number of fused-ring (bicyclic) bond motifs is 1. The first-order valence-corrected chi connectivity index (χ1v) is 10.0. The molecule has 3 aromatic heterocycles. The van der Waals surface area contributed by atoms with Crippen LogP contribution in [0.5, 0.6) is 0 Å². The number of carbonyl (C=O) groups excluding carboxylic acids is 1. The van der Waals surface area contributed by atoms with Crippen LogP contribution in [0, 0.1) is 5.92 Å². The molecule has 176 valence electrons. The Morgan fingerprint density at radius 3 is 2.52 bits per heavy atom. The zero-order chi connectivity index (χ0) is 24.0. The maximum absolute atomic E-state index is 13.0. The quantitative estimate of drug-likeness (QED) is 0.615. The molecule has 9 nitrogen and oxygen atoms in total. The molecule has 1 unspecified atom stereocenters. The van der Waals surface area contributed by atoms with Crippen molar-refractivity contribution in [2.75, 3.05) is 18.4 Å². The largest absolute Gasteiger partial charge is 0.490 e. The third kappa shape index (κ3) is 6.34. The van der Waals surface area contributed by atoms with E-state index >= 15 is 0 Å². The predicted molar refractivity (Wildman–Crippen MR) is 112 cm³/mol. The molecule has 0 radical (unpaired) electrons. The highest BCUT2D eigenvalue weighted by Crippen LogP contribution is 2.19. The number of carboxylic acids is 1. The van der Waals surface area contributed by atoms with Gasteiger partial charge < -0.3 is 19.9 Å². The molecule has 0 aromatic carbocycles. The molecule has 0 spiro atoms. The van der Waals surface area contributed by atoms with Gasteiger partial charge in [0.2, 0.25) is 0 Å². The Hall–Kier alpha value is -3.83. The average Bonchev–Trinajstić information content (AvgIpc) is 3.36. The van der Waals surface area contributed by atoms with Crippen molar-refractivity contribution in [2.45, 2.75) is 19.3 Å². The van der Waals surface area contributed by atoms with E-state index in [1.54, 1.807) is 12.4 Å². The Morgan fingerprint density at radius 2 is 1.91 bits per heavy atom. The topological polar surface area (TPSA) is 105 Å². The number of aliphatic carboxylic acids is 1. The third-order valence-electron chi connectivity index (χ3n) is 5.00. The lowest BCUT2D eigenvalue weighted by molar-refractivity contribution is -0.192. The molecule has 0 saturated carbocycles. The molecular weight excluding hydrogens is 441 g/mol. The van der Waals surface area contributed by atoms with Crippen LogP contribution in [0.15, 0.2) is 55.0 Å². The number of aryl methyl sites for hydroxylation is 1. The second-order valence-electron chi connectivity index (χ2n) is 7.46. The molecule has 1 aliphatic rings. The van der Waals surface area contributed by atoms with E-state index in [4.69, 9.17) is 9.90 Å². The zero-order valence-electron chi connectivity index (χ0n) is 17.7. The maximum Gasteiger partial charge on any atom is 0.490 e. The summed E-state index contributed by atoms with van der Waals surface area (Å²) in [5, 5.41) is 14.9. The first kappa shape index (κ1) is 23.8. The van der Waals surface area contributed by atoms with Crippen molar-refractivity contribution in [3.05, 3.63) is 66.4 Å². The minimum atomic E-state index is -5.08. The van der Waals surface area contributed by atoms with E-state index < -0.39 is 12.1 Å². The fourth-order valence-corrected chi connectivity index (χ4v) is 3.38. The van der Waals surface area contributed by atoms with Gasteiger partial charge in [-0.15, -0.1) is 0 Å². The second-order valence-corrected chi connectivity index (χ2v) is 7.46. The summed E-state index contributed by atoms with van der Waals surface area (Å²) in [7, 11) is 1.90. The average molecular weight is 464 g/mol. The van der Waals surface area contributed by atoms with E-state index in [2.05, 4.69) is 15.4 Å². The monoisotopic (exact) mass is 464 g/mol. The number of rotatable bonds is 4. The highest BCUT2D eigenvalue weighted by molar-refractivity contribution is 5.92. The standard InChI is InChI=1S/C19H22N6O.C2HF3O2/c1-23-10-4-5-17(23)19(26)24-12-15(11-21-18-6-2-3-8-20-18)13-25-16(14-24)7-9-22-25;3-2(4,5)1(6)7/h2-10,15H,11-14H2,1H3,(H,20,21);(H,6,7). The van der Waals surface area contributed by atoms with Crippen LogP contribution in [0.2, 0.25) is 0 Å². The van der Waals surface area contributed by atoms with Crippen LogP contribution in [0.4, 0.5) is 19.0 Å². The Kier molecular flexibility index (Phi) is 7.36. The number of hydrogen-bond donors (Lipinski definition) is 2. The third-order valence-corrected chi connectivity index (χ3v) is 5.00. The van der Waals surface area contributed by atoms with Gasteiger partial charge in [0.05, 0.1) is 12.2 Å². The SMILES string of the molecule is Cn1cccc1C(=O)N1Cc2ccnn2CC(CNc2ccccn2)C1.O=C(O)C(F)(F)F. The summed E-state index contributed by atoms with van der Waals surface area (Å²) < 4.78 is 35.6. The maximum atomic E-state index is 13.0. The van der Waals surface area contributed by atoms with E-state index in [0.29, 0.717) is 18.8 Å². The molecule has 1 atom stereocenters. The van der Waals surface area contributed by atoms with Crippen molar-refractivity contribution >= 4 is 17.7 Å². The molecule has 0 saturated heterocycles. The molecule has 1 aliphatic heterocycles. The lowest BCUT2D eigenvalue weighted by Crippen LogP contribution is -2.36. The summed E-state index contributed by atoms with van der Waals surface area (Å²) in [5.41, 5.74) is 1.77. The second kappa shape index (κ2) is 10.2. The number of aromatic nitrogens is 4. The molecular formula is C21H23F3N6O3. The van der Waals surface area contributed by atoms with Crippen molar-refractivity contribution in [3.8, 4) is 0 Å². The molecule has 3 aromatic rings. The lowest BCUT2D eigenvalue weighted by Gasteiger charge is -2.24. The van der Waals surface area contributed by atoms with Gasteiger partial charge in [-0.05, 0) is 30.3 Å². The van der Waals surface area contributed by atoms with Crippen LogP contribution in [0.3, 0.4) is 0 Å². The van der Waals surface area contributed by atoms with Gasteiger partial charge in [0.15, 0.2) is 0 Å². The summed E-state index contributed by atoms with van der Waals surface area (Å²) in [6.07, 6.45) is 0.386. The number of hydrogen-bond acceptors (Lipinski definition) is 5. The van der Waals surface area contributed by atoms with Crippen LogP contribution in [0.25, 0.3) is 0 Å². The minimum absolute atomic E-state index is 0.0509. The van der Waals surface area contributed by atoms with Gasteiger partial charge in [-0.2, -0.15) is 18.3 Å². The van der Waals surface area contributed by atoms with E-state index in [1.807, 2.05) is 63.8 Å². The van der Waals surface area contributed by atoms with Gasteiger partial charge in [0.1, 0.15) is 11.5 Å². The number of nitrogens with zero attached hydrogens (tertiary/aromatic N) is 5. The molecule has 12 heteroatoms. The Balaban J connectivity index is 0.000000383. The summed E-state index contributed by atoms with van der Waals surface area (Å²) in [6.45, 7) is 2.75. The van der Waals surface area contributed by atoms with Gasteiger partial charge in [-0.3, -0.25) is 9.48 Å². The van der Waals surface area contributed by atoms with Crippen LogP contribution in [-0.2, 0) is 24.9 Å². The number of carbonyl (C=O) groups is 2.